The molecule has 17 heavy (non-hydrogen) atoms. The van der Waals surface area contributed by atoms with E-state index in [-0.39, 0.29) is 6.04 Å². The highest BCUT2D eigenvalue weighted by Crippen LogP contribution is 2.31. The molecule has 1 aromatic rings. The van der Waals surface area contributed by atoms with Crippen LogP contribution in [0.1, 0.15) is 36.4 Å². The average molecular weight is 246 g/mol. The van der Waals surface area contributed by atoms with E-state index in [1.165, 1.54) is 6.07 Å². The van der Waals surface area contributed by atoms with Crippen molar-refractivity contribution in [1.29, 1.82) is 0 Å². The van der Waals surface area contributed by atoms with Gasteiger partial charge in [0.05, 0.1) is 5.56 Å². The minimum absolute atomic E-state index is 0.358. The van der Waals surface area contributed by atoms with Crippen molar-refractivity contribution in [2.24, 2.45) is 11.5 Å². The number of halogens is 3. The Morgan fingerprint density at radius 1 is 1.18 bits per heavy atom. The first kappa shape index (κ1) is 14.0. The molecule has 1 atom stereocenters. The van der Waals surface area contributed by atoms with Crippen LogP contribution < -0.4 is 11.5 Å². The zero-order chi connectivity index (χ0) is 12.9. The first-order valence-corrected chi connectivity index (χ1v) is 5.58. The van der Waals surface area contributed by atoms with Gasteiger partial charge in [-0.15, -0.1) is 0 Å². The van der Waals surface area contributed by atoms with E-state index in [2.05, 4.69) is 0 Å². The smallest absolute Gasteiger partial charge is 0.330 e. The third-order valence-corrected chi connectivity index (χ3v) is 2.61. The Kier molecular flexibility index (Phi) is 4.96. The number of unbranched alkanes of at least 4 members (excludes halogenated alkanes) is 1. The molecule has 0 saturated heterocycles. The van der Waals surface area contributed by atoms with Gasteiger partial charge in [0.25, 0.3) is 0 Å². The Morgan fingerprint density at radius 2 is 1.88 bits per heavy atom. The van der Waals surface area contributed by atoms with Gasteiger partial charge in [0, 0.05) is 6.04 Å². The molecule has 96 valence electrons. The molecule has 5 heteroatoms. The molecule has 0 saturated carbocycles. The van der Waals surface area contributed by atoms with Crippen LogP contribution in [0.2, 0.25) is 0 Å². The van der Waals surface area contributed by atoms with Gasteiger partial charge in [-0.25, -0.2) is 0 Å². The Labute approximate surface area is 98.8 Å². The van der Waals surface area contributed by atoms with E-state index < -0.39 is 11.7 Å². The van der Waals surface area contributed by atoms with Crippen LogP contribution in [0.5, 0.6) is 0 Å². The standard InChI is InChI=1S/C12H17F3N2/c13-12(14,15)10-5-3-4-9(8-10)11(17)6-1-2-7-16/h3-5,8,11H,1-2,6-7,16-17H2/t11-/m1/s1. The van der Waals surface area contributed by atoms with Crippen molar-refractivity contribution >= 4 is 0 Å². The molecule has 0 fully saturated rings. The van der Waals surface area contributed by atoms with Crippen molar-refractivity contribution in [2.45, 2.75) is 31.5 Å². The number of hydrogen-bond acceptors (Lipinski definition) is 2. The molecule has 2 nitrogen and oxygen atoms in total. The molecule has 0 aliphatic carbocycles. The van der Waals surface area contributed by atoms with Crippen LogP contribution in [0.15, 0.2) is 24.3 Å². The van der Waals surface area contributed by atoms with Gasteiger partial charge < -0.3 is 11.5 Å². The Hall–Kier alpha value is -1.07. The van der Waals surface area contributed by atoms with Crippen LogP contribution in [0.25, 0.3) is 0 Å². The molecule has 0 bridgehead atoms. The van der Waals surface area contributed by atoms with Gasteiger partial charge in [0.2, 0.25) is 0 Å². The molecule has 0 spiro atoms. The monoisotopic (exact) mass is 246 g/mol. The molecule has 1 rings (SSSR count). The number of nitrogens with two attached hydrogens (primary N) is 2. The third-order valence-electron chi connectivity index (χ3n) is 2.61. The van der Waals surface area contributed by atoms with Crippen LogP contribution in [-0.4, -0.2) is 6.54 Å². The zero-order valence-corrected chi connectivity index (χ0v) is 9.50. The number of rotatable bonds is 5. The molecular weight excluding hydrogens is 229 g/mol. The molecule has 0 amide bonds. The second-order valence-electron chi connectivity index (χ2n) is 4.01. The van der Waals surface area contributed by atoms with Crippen molar-refractivity contribution in [2.75, 3.05) is 6.54 Å². The summed E-state index contributed by atoms with van der Waals surface area (Å²) in [5.74, 6) is 0. The summed E-state index contributed by atoms with van der Waals surface area (Å²) in [6.07, 6.45) is -1.99. The number of benzene rings is 1. The van der Waals surface area contributed by atoms with Gasteiger partial charge in [0.1, 0.15) is 0 Å². The van der Waals surface area contributed by atoms with Gasteiger partial charge in [-0.2, -0.15) is 13.2 Å². The highest BCUT2D eigenvalue weighted by molar-refractivity contribution is 5.27. The Bertz CT molecular complexity index is 350. The van der Waals surface area contributed by atoms with Gasteiger partial charge in [-0.05, 0) is 37.1 Å². The van der Waals surface area contributed by atoms with E-state index in [9.17, 15) is 13.2 Å². The highest BCUT2D eigenvalue weighted by Gasteiger charge is 2.30. The quantitative estimate of drug-likeness (QED) is 0.785. The molecule has 0 aliphatic heterocycles. The summed E-state index contributed by atoms with van der Waals surface area (Å²) in [4.78, 5) is 0. The van der Waals surface area contributed by atoms with Crippen molar-refractivity contribution < 1.29 is 13.2 Å². The largest absolute Gasteiger partial charge is 0.416 e. The van der Waals surface area contributed by atoms with Gasteiger partial charge in [-0.1, -0.05) is 18.6 Å². The normalized spacial score (nSPS) is 13.7. The lowest BCUT2D eigenvalue weighted by Crippen LogP contribution is -2.13. The summed E-state index contributed by atoms with van der Waals surface area (Å²) < 4.78 is 37.4. The molecule has 0 heterocycles. The first-order valence-electron chi connectivity index (χ1n) is 5.58. The fourth-order valence-corrected chi connectivity index (χ4v) is 1.62. The summed E-state index contributed by atoms with van der Waals surface area (Å²) in [5, 5.41) is 0. The number of hydrogen-bond donors (Lipinski definition) is 2. The van der Waals surface area contributed by atoms with Gasteiger partial charge in [-0.3, -0.25) is 0 Å². The van der Waals surface area contributed by atoms with E-state index in [0.29, 0.717) is 18.5 Å². The van der Waals surface area contributed by atoms with Crippen molar-refractivity contribution in [3.8, 4) is 0 Å². The second-order valence-corrected chi connectivity index (χ2v) is 4.01. The molecule has 0 unspecified atom stereocenters. The van der Waals surface area contributed by atoms with E-state index >= 15 is 0 Å². The molecular formula is C12H17F3N2. The SMILES string of the molecule is NCCCC[C@@H](N)c1cccc(C(F)(F)F)c1. The maximum Gasteiger partial charge on any atom is 0.416 e. The molecule has 0 aromatic heterocycles. The fourth-order valence-electron chi connectivity index (χ4n) is 1.62. The predicted octanol–water partition coefficient (Wildman–Crippen LogP) is 2.83. The van der Waals surface area contributed by atoms with Crippen molar-refractivity contribution in [3.05, 3.63) is 35.4 Å². The van der Waals surface area contributed by atoms with E-state index in [1.54, 1.807) is 6.07 Å². The Balaban J connectivity index is 2.71. The lowest BCUT2D eigenvalue weighted by Gasteiger charge is -2.14. The summed E-state index contributed by atoms with van der Waals surface area (Å²) in [6, 6.07) is 4.83. The molecule has 1 aromatic carbocycles. The lowest BCUT2D eigenvalue weighted by molar-refractivity contribution is -0.137. The summed E-state index contributed by atoms with van der Waals surface area (Å²) in [5.41, 5.74) is 11.1. The topological polar surface area (TPSA) is 52.0 Å². The fraction of sp³-hybridized carbons (Fsp3) is 0.500. The van der Waals surface area contributed by atoms with Crippen LogP contribution in [0, 0.1) is 0 Å². The average Bonchev–Trinajstić information content (AvgIpc) is 2.28. The first-order chi connectivity index (χ1) is 7.95. The molecule has 0 aliphatic rings. The number of alkyl halides is 3. The van der Waals surface area contributed by atoms with E-state index in [4.69, 9.17) is 11.5 Å². The summed E-state index contributed by atoms with van der Waals surface area (Å²) >= 11 is 0. The molecule has 0 radical (unpaired) electrons. The van der Waals surface area contributed by atoms with E-state index in [1.807, 2.05) is 0 Å². The minimum Gasteiger partial charge on any atom is -0.330 e. The Morgan fingerprint density at radius 3 is 2.47 bits per heavy atom. The second kappa shape index (κ2) is 6.02. The van der Waals surface area contributed by atoms with Crippen LogP contribution in [0.4, 0.5) is 13.2 Å². The van der Waals surface area contributed by atoms with Crippen LogP contribution >= 0.6 is 0 Å². The zero-order valence-electron chi connectivity index (χ0n) is 9.50. The third kappa shape index (κ3) is 4.36. The van der Waals surface area contributed by atoms with Crippen LogP contribution in [0.3, 0.4) is 0 Å². The summed E-state index contributed by atoms with van der Waals surface area (Å²) in [7, 11) is 0. The van der Waals surface area contributed by atoms with Crippen molar-refractivity contribution in [3.63, 3.8) is 0 Å². The molecule has 4 N–H and O–H groups in total. The highest BCUT2D eigenvalue weighted by atomic mass is 19.4. The van der Waals surface area contributed by atoms with E-state index in [0.717, 1.165) is 25.0 Å². The lowest BCUT2D eigenvalue weighted by atomic mass is 10.00. The maximum atomic E-state index is 12.5. The minimum atomic E-state index is -4.31. The maximum absolute atomic E-state index is 12.5. The van der Waals surface area contributed by atoms with Crippen LogP contribution in [-0.2, 0) is 6.18 Å². The summed E-state index contributed by atoms with van der Waals surface area (Å²) in [6.45, 7) is 0.579. The van der Waals surface area contributed by atoms with Crippen molar-refractivity contribution in [1.82, 2.24) is 0 Å². The predicted molar refractivity (Wildman–Crippen MR) is 61.3 cm³/mol. The van der Waals surface area contributed by atoms with Gasteiger partial charge in [0.15, 0.2) is 0 Å². The van der Waals surface area contributed by atoms with Gasteiger partial charge >= 0.3 is 6.18 Å².